The number of methoxy groups -OCH3 is 2. The number of benzene rings is 3. The Morgan fingerprint density at radius 1 is 0.929 bits per heavy atom. The fourth-order valence-electron chi connectivity index (χ4n) is 4.40. The minimum atomic E-state index is -4.21. The number of ether oxygens (including phenoxy) is 2. The van der Waals surface area contributed by atoms with Crippen molar-refractivity contribution in [1.82, 2.24) is 10.2 Å². The molecule has 1 N–H and O–H groups in total. The van der Waals surface area contributed by atoms with Gasteiger partial charge >= 0.3 is 0 Å². The van der Waals surface area contributed by atoms with Gasteiger partial charge in [-0.3, -0.25) is 13.9 Å². The third-order valence-electron chi connectivity index (χ3n) is 6.74. The second-order valence-electron chi connectivity index (χ2n) is 9.61. The number of sulfonamides is 1. The highest BCUT2D eigenvalue weighted by molar-refractivity contribution is 7.92. The first-order valence-corrected chi connectivity index (χ1v) is 15.6. The first-order chi connectivity index (χ1) is 20.1. The van der Waals surface area contributed by atoms with Crippen molar-refractivity contribution in [2.75, 3.05) is 31.6 Å². The zero-order chi connectivity index (χ0) is 30.7. The van der Waals surface area contributed by atoms with E-state index >= 15 is 0 Å². The molecule has 0 spiro atoms. The molecular weight excluding hydrogens is 578 g/mol. The number of nitrogens with one attached hydrogen (secondary N) is 1. The van der Waals surface area contributed by atoms with Crippen LogP contribution < -0.4 is 19.1 Å². The van der Waals surface area contributed by atoms with Crippen LogP contribution >= 0.6 is 11.6 Å². The molecule has 0 saturated carbocycles. The van der Waals surface area contributed by atoms with Gasteiger partial charge < -0.3 is 19.7 Å². The Labute approximate surface area is 253 Å². The largest absolute Gasteiger partial charge is 0.497 e. The van der Waals surface area contributed by atoms with E-state index in [1.807, 2.05) is 19.9 Å². The SMILES string of the molecule is CCCCNC(=O)[C@@H](CC)N(Cc1cccc(OC)c1)C(=O)CN(c1ccc(Cl)cc1)S(=O)(=O)c1ccc(OC)cc1. The molecule has 2 amide bonds. The highest BCUT2D eigenvalue weighted by Crippen LogP contribution is 2.27. The Kier molecular flexibility index (Phi) is 12.1. The summed E-state index contributed by atoms with van der Waals surface area (Å²) in [6.45, 7) is 3.86. The highest BCUT2D eigenvalue weighted by atomic mass is 35.5. The maximum atomic E-state index is 14.1. The number of carbonyl (C=O) groups is 2. The predicted octanol–water partition coefficient (Wildman–Crippen LogP) is 5.28. The van der Waals surface area contributed by atoms with E-state index in [1.54, 1.807) is 37.4 Å². The average molecular weight is 616 g/mol. The minimum absolute atomic E-state index is 0.0188. The fourth-order valence-corrected chi connectivity index (χ4v) is 5.94. The highest BCUT2D eigenvalue weighted by Gasteiger charge is 2.33. The minimum Gasteiger partial charge on any atom is -0.497 e. The summed E-state index contributed by atoms with van der Waals surface area (Å²) >= 11 is 6.09. The Morgan fingerprint density at radius 3 is 2.19 bits per heavy atom. The van der Waals surface area contributed by atoms with Crippen molar-refractivity contribution in [1.29, 1.82) is 0 Å². The van der Waals surface area contributed by atoms with Crippen molar-refractivity contribution < 1.29 is 27.5 Å². The van der Waals surface area contributed by atoms with Gasteiger partial charge in [-0.2, -0.15) is 0 Å². The van der Waals surface area contributed by atoms with Crippen molar-refractivity contribution in [2.45, 2.75) is 50.6 Å². The van der Waals surface area contributed by atoms with Gasteiger partial charge in [-0.1, -0.05) is 44.0 Å². The summed E-state index contributed by atoms with van der Waals surface area (Å²) in [5.74, 6) is 0.262. The predicted molar refractivity (Wildman–Crippen MR) is 165 cm³/mol. The summed E-state index contributed by atoms with van der Waals surface area (Å²) in [4.78, 5) is 28.8. The smallest absolute Gasteiger partial charge is 0.264 e. The number of rotatable bonds is 15. The fraction of sp³-hybridized carbons (Fsp3) is 0.355. The summed E-state index contributed by atoms with van der Waals surface area (Å²) in [6.07, 6.45) is 2.04. The molecule has 3 aromatic carbocycles. The van der Waals surface area contributed by atoms with Gasteiger partial charge in [-0.15, -0.1) is 0 Å². The van der Waals surface area contributed by atoms with Gasteiger partial charge in [0.1, 0.15) is 24.1 Å². The van der Waals surface area contributed by atoms with Crippen LogP contribution in [0.3, 0.4) is 0 Å². The van der Waals surface area contributed by atoms with E-state index in [1.165, 1.54) is 48.4 Å². The van der Waals surface area contributed by atoms with Gasteiger partial charge in [0.2, 0.25) is 11.8 Å². The molecule has 0 bridgehead atoms. The second kappa shape index (κ2) is 15.5. The molecule has 226 valence electrons. The van der Waals surface area contributed by atoms with Gasteiger partial charge in [0.15, 0.2) is 0 Å². The van der Waals surface area contributed by atoms with E-state index < -0.39 is 28.5 Å². The van der Waals surface area contributed by atoms with E-state index in [0.717, 1.165) is 22.7 Å². The topological polar surface area (TPSA) is 105 Å². The number of nitrogens with zero attached hydrogens (tertiary/aromatic N) is 2. The number of amides is 2. The molecule has 0 fully saturated rings. The molecule has 42 heavy (non-hydrogen) atoms. The lowest BCUT2D eigenvalue weighted by atomic mass is 10.1. The van der Waals surface area contributed by atoms with Crippen LogP contribution in [0.5, 0.6) is 11.5 Å². The lowest BCUT2D eigenvalue weighted by molar-refractivity contribution is -0.140. The van der Waals surface area contributed by atoms with E-state index in [4.69, 9.17) is 21.1 Å². The monoisotopic (exact) mass is 615 g/mol. The van der Waals surface area contributed by atoms with Crippen molar-refractivity contribution in [3.8, 4) is 11.5 Å². The van der Waals surface area contributed by atoms with Gasteiger partial charge in [-0.05, 0) is 79.1 Å². The third kappa shape index (κ3) is 8.39. The zero-order valence-corrected chi connectivity index (χ0v) is 26.0. The summed E-state index contributed by atoms with van der Waals surface area (Å²) in [5.41, 5.74) is 0.990. The van der Waals surface area contributed by atoms with Gasteiger partial charge in [0.05, 0.1) is 24.8 Å². The molecule has 3 rings (SSSR count). The number of halogens is 1. The zero-order valence-electron chi connectivity index (χ0n) is 24.4. The first kappa shape index (κ1) is 32.8. The number of hydrogen-bond donors (Lipinski definition) is 1. The number of hydrogen-bond acceptors (Lipinski definition) is 6. The van der Waals surface area contributed by atoms with Gasteiger partial charge in [-0.25, -0.2) is 8.42 Å². The molecule has 9 nitrogen and oxygen atoms in total. The molecule has 0 aliphatic heterocycles. The number of unbranched alkanes of at least 4 members (excludes halogenated alkanes) is 1. The average Bonchev–Trinajstić information content (AvgIpc) is 3.00. The standard InChI is InChI=1S/C31H38ClN3O6S/c1-5-7-19-33-31(37)29(6-2)34(21-23-9-8-10-27(20-23)41-4)30(36)22-35(25-13-11-24(32)12-14-25)42(38,39)28-17-15-26(40-3)16-18-28/h8-18,20,29H,5-7,19,21-22H2,1-4H3,(H,33,37)/t29-/m1/s1. The molecule has 0 aromatic heterocycles. The van der Waals surface area contributed by atoms with Crippen LogP contribution in [-0.4, -0.2) is 58.5 Å². The molecule has 0 unspecified atom stereocenters. The van der Waals surface area contributed by atoms with Gasteiger partial charge in [0.25, 0.3) is 10.0 Å². The molecule has 0 aliphatic carbocycles. The number of anilines is 1. The summed E-state index contributed by atoms with van der Waals surface area (Å²) in [7, 11) is -1.17. The van der Waals surface area contributed by atoms with Gasteiger partial charge in [0, 0.05) is 18.1 Å². The molecule has 0 aliphatic rings. The molecular formula is C31H38ClN3O6S. The van der Waals surface area contributed by atoms with Crippen LogP contribution in [0.4, 0.5) is 5.69 Å². The second-order valence-corrected chi connectivity index (χ2v) is 11.9. The molecule has 11 heteroatoms. The summed E-state index contributed by atoms with van der Waals surface area (Å²) in [5, 5.41) is 3.34. The third-order valence-corrected chi connectivity index (χ3v) is 8.78. The van der Waals surface area contributed by atoms with E-state index in [-0.39, 0.29) is 23.0 Å². The van der Waals surface area contributed by atoms with Crippen molar-refractivity contribution in [3.63, 3.8) is 0 Å². The van der Waals surface area contributed by atoms with Crippen LogP contribution in [-0.2, 0) is 26.2 Å². The van der Waals surface area contributed by atoms with Crippen LogP contribution in [0.15, 0.2) is 77.7 Å². The van der Waals surface area contributed by atoms with Crippen LogP contribution in [0.1, 0.15) is 38.7 Å². The molecule has 0 heterocycles. The Balaban J connectivity index is 2.04. The quantitative estimate of drug-likeness (QED) is 0.233. The summed E-state index contributed by atoms with van der Waals surface area (Å²) < 4.78 is 39.5. The maximum absolute atomic E-state index is 14.1. The molecule has 0 radical (unpaired) electrons. The maximum Gasteiger partial charge on any atom is 0.264 e. The van der Waals surface area contributed by atoms with E-state index in [9.17, 15) is 18.0 Å². The first-order valence-electron chi connectivity index (χ1n) is 13.8. The Morgan fingerprint density at radius 2 is 1.60 bits per heavy atom. The molecule has 1 atom stereocenters. The lowest BCUT2D eigenvalue weighted by Crippen LogP contribution is -2.52. The number of carbonyl (C=O) groups excluding carboxylic acids is 2. The van der Waals surface area contributed by atoms with Crippen molar-refractivity contribution >= 4 is 39.1 Å². The Hall–Kier alpha value is -3.76. The van der Waals surface area contributed by atoms with Crippen LogP contribution in [0, 0.1) is 0 Å². The normalized spacial score (nSPS) is 11.8. The lowest BCUT2D eigenvalue weighted by Gasteiger charge is -2.33. The van der Waals surface area contributed by atoms with E-state index in [2.05, 4.69) is 5.32 Å². The molecule has 0 saturated heterocycles. The Bertz CT molecular complexity index is 1430. The van der Waals surface area contributed by atoms with Crippen molar-refractivity contribution in [3.05, 3.63) is 83.4 Å². The van der Waals surface area contributed by atoms with E-state index in [0.29, 0.717) is 29.5 Å². The van der Waals surface area contributed by atoms with Crippen LogP contribution in [0.2, 0.25) is 5.02 Å². The molecule has 3 aromatic rings. The van der Waals surface area contributed by atoms with Crippen molar-refractivity contribution in [2.24, 2.45) is 0 Å². The summed E-state index contributed by atoms with van der Waals surface area (Å²) in [6, 6.07) is 18.5. The van der Waals surface area contributed by atoms with Crippen LogP contribution in [0.25, 0.3) is 0 Å².